The Morgan fingerprint density at radius 3 is 2.61 bits per heavy atom. The van der Waals surface area contributed by atoms with Crippen molar-refractivity contribution >= 4 is 58.4 Å². The van der Waals surface area contributed by atoms with Crippen LogP contribution in [0.15, 0.2) is 76.2 Å². The van der Waals surface area contributed by atoms with E-state index in [-0.39, 0.29) is 35.9 Å². The van der Waals surface area contributed by atoms with Crippen LogP contribution in [0.5, 0.6) is 0 Å². The van der Waals surface area contributed by atoms with Gasteiger partial charge in [-0.2, -0.15) is 0 Å². The maximum absolute atomic E-state index is 13.2. The number of carbonyl (C=O) groups excluding carboxylic acids is 1. The van der Waals surface area contributed by atoms with Crippen LogP contribution in [0, 0.1) is 5.82 Å². The van der Waals surface area contributed by atoms with E-state index in [2.05, 4.69) is 25.9 Å². The summed E-state index contributed by atoms with van der Waals surface area (Å²) >= 11 is 4.83. The van der Waals surface area contributed by atoms with E-state index in [1.165, 1.54) is 23.5 Å². The molecule has 2 aromatic heterocycles. The van der Waals surface area contributed by atoms with Crippen molar-refractivity contribution in [2.75, 3.05) is 10.7 Å². The predicted molar refractivity (Wildman–Crippen MR) is 130 cm³/mol. The number of halogens is 2. The Hall–Kier alpha value is -2.69. The lowest BCUT2D eigenvalue weighted by molar-refractivity contribution is -0.118. The minimum atomic E-state index is -3.62. The number of nitrogens with zero attached hydrogens (tertiary/aromatic N) is 3. The molecule has 0 aliphatic heterocycles. The van der Waals surface area contributed by atoms with Crippen molar-refractivity contribution in [2.24, 2.45) is 0 Å². The summed E-state index contributed by atoms with van der Waals surface area (Å²) in [5.41, 5.74) is 1.47. The summed E-state index contributed by atoms with van der Waals surface area (Å²) in [4.78, 5) is 23.7. The molecular formula is C23H19BrFN3O3S2. The lowest BCUT2D eigenvalue weighted by Gasteiger charge is -2.19. The molecular weight excluding hydrogens is 529 g/mol. The normalized spacial score (nSPS) is 11.6. The molecule has 0 saturated carbocycles. The van der Waals surface area contributed by atoms with Gasteiger partial charge < -0.3 is 0 Å². The number of rotatable bonds is 8. The Morgan fingerprint density at radius 2 is 1.88 bits per heavy atom. The third kappa shape index (κ3) is 5.82. The number of hydrogen-bond acceptors (Lipinski definition) is 6. The molecule has 0 radical (unpaired) electrons. The average Bonchev–Trinajstić information content (AvgIpc) is 3.21. The van der Waals surface area contributed by atoms with Gasteiger partial charge in [-0.15, -0.1) is 0 Å². The Bertz CT molecular complexity index is 1380. The standard InChI is InChI=1S/C23H19BrFN3O3S2/c24-16-6-11-20-21(14-16)32-23(27-20)28(15-18-4-1-2-12-26-18)22(29)5-3-13-33(30,31)19-9-7-17(25)8-10-19/h1-2,4,6-12,14H,3,5,13,15H2. The van der Waals surface area contributed by atoms with E-state index in [9.17, 15) is 17.6 Å². The lowest BCUT2D eigenvalue weighted by atomic mass is 10.2. The molecule has 0 bridgehead atoms. The molecule has 0 aliphatic rings. The van der Waals surface area contributed by atoms with Gasteiger partial charge in [-0.25, -0.2) is 17.8 Å². The van der Waals surface area contributed by atoms with Crippen molar-refractivity contribution in [2.45, 2.75) is 24.3 Å². The number of aromatic nitrogens is 2. The highest BCUT2D eigenvalue weighted by atomic mass is 79.9. The zero-order chi connectivity index (χ0) is 23.4. The predicted octanol–water partition coefficient (Wildman–Crippen LogP) is 5.38. The van der Waals surface area contributed by atoms with Gasteiger partial charge in [0.2, 0.25) is 5.91 Å². The summed E-state index contributed by atoms with van der Waals surface area (Å²) in [5.74, 6) is -0.959. The van der Waals surface area contributed by atoms with Gasteiger partial charge in [-0.05, 0) is 61.0 Å². The highest BCUT2D eigenvalue weighted by Gasteiger charge is 2.22. The molecule has 33 heavy (non-hydrogen) atoms. The first kappa shape index (κ1) is 23.5. The fourth-order valence-corrected chi connectivity index (χ4v) is 6.07. The van der Waals surface area contributed by atoms with E-state index in [4.69, 9.17) is 0 Å². The molecule has 0 atom stereocenters. The Labute approximate surface area is 203 Å². The molecule has 10 heteroatoms. The lowest BCUT2D eigenvalue weighted by Crippen LogP contribution is -2.30. The van der Waals surface area contributed by atoms with Gasteiger partial charge in [-0.1, -0.05) is 33.3 Å². The molecule has 0 saturated heterocycles. The molecule has 0 N–H and O–H groups in total. The van der Waals surface area contributed by atoms with Crippen LogP contribution >= 0.6 is 27.3 Å². The average molecular weight is 548 g/mol. The van der Waals surface area contributed by atoms with Gasteiger partial charge in [0.15, 0.2) is 15.0 Å². The maximum Gasteiger partial charge on any atom is 0.229 e. The van der Waals surface area contributed by atoms with Crippen LogP contribution in [0.3, 0.4) is 0 Å². The fourth-order valence-electron chi connectivity index (χ4n) is 3.23. The Kier molecular flexibility index (Phi) is 7.16. The fraction of sp³-hybridized carbons (Fsp3) is 0.174. The van der Waals surface area contributed by atoms with Crippen molar-refractivity contribution in [1.29, 1.82) is 0 Å². The van der Waals surface area contributed by atoms with Gasteiger partial charge in [0.05, 0.1) is 33.1 Å². The summed E-state index contributed by atoms with van der Waals surface area (Å²) in [6, 6.07) is 15.9. The molecule has 4 aromatic rings. The number of anilines is 1. The SMILES string of the molecule is O=C(CCCS(=O)(=O)c1ccc(F)cc1)N(Cc1ccccn1)c1nc2ccc(Br)cc2s1. The van der Waals surface area contributed by atoms with Crippen LogP contribution in [0.25, 0.3) is 10.2 Å². The summed E-state index contributed by atoms with van der Waals surface area (Å²) in [5, 5.41) is 0.528. The molecule has 2 aromatic carbocycles. The first-order chi connectivity index (χ1) is 15.8. The smallest absolute Gasteiger partial charge is 0.229 e. The third-order valence-corrected chi connectivity index (χ3v) is 8.24. The number of thiazole rings is 1. The second-order valence-electron chi connectivity index (χ2n) is 7.29. The molecule has 0 aliphatic carbocycles. The van der Waals surface area contributed by atoms with E-state index in [0.717, 1.165) is 26.8 Å². The molecule has 170 valence electrons. The number of carbonyl (C=O) groups is 1. The summed E-state index contributed by atoms with van der Waals surface area (Å²) in [6.07, 6.45) is 1.81. The van der Waals surface area contributed by atoms with Gasteiger partial charge in [0.1, 0.15) is 5.82 Å². The van der Waals surface area contributed by atoms with E-state index in [1.54, 1.807) is 17.2 Å². The monoisotopic (exact) mass is 547 g/mol. The molecule has 0 unspecified atom stereocenters. The molecule has 0 spiro atoms. The van der Waals surface area contributed by atoms with Crippen molar-refractivity contribution in [3.8, 4) is 0 Å². The zero-order valence-electron chi connectivity index (χ0n) is 17.3. The first-order valence-corrected chi connectivity index (χ1v) is 13.3. The Balaban J connectivity index is 1.52. The summed E-state index contributed by atoms with van der Waals surface area (Å²) in [6.45, 7) is 0.228. The second-order valence-corrected chi connectivity index (χ2v) is 11.3. The highest BCUT2D eigenvalue weighted by Crippen LogP contribution is 2.32. The van der Waals surface area contributed by atoms with Gasteiger partial charge in [0.25, 0.3) is 0 Å². The van der Waals surface area contributed by atoms with Crippen LogP contribution in [0.2, 0.25) is 0 Å². The van der Waals surface area contributed by atoms with E-state index >= 15 is 0 Å². The van der Waals surface area contributed by atoms with E-state index < -0.39 is 15.7 Å². The van der Waals surface area contributed by atoms with Crippen molar-refractivity contribution < 1.29 is 17.6 Å². The van der Waals surface area contributed by atoms with Gasteiger partial charge in [0, 0.05) is 17.1 Å². The quantitative estimate of drug-likeness (QED) is 0.276. The number of fused-ring (bicyclic) bond motifs is 1. The number of amides is 1. The molecule has 1 amide bonds. The largest absolute Gasteiger partial charge is 0.282 e. The number of sulfone groups is 1. The summed E-state index contributed by atoms with van der Waals surface area (Å²) < 4.78 is 40.0. The highest BCUT2D eigenvalue weighted by molar-refractivity contribution is 9.10. The number of benzene rings is 2. The van der Waals surface area contributed by atoms with Crippen LogP contribution < -0.4 is 4.90 Å². The topological polar surface area (TPSA) is 80.2 Å². The van der Waals surface area contributed by atoms with E-state index in [1.807, 2.05) is 30.3 Å². The van der Waals surface area contributed by atoms with Crippen LogP contribution in [0.4, 0.5) is 9.52 Å². The van der Waals surface area contributed by atoms with Crippen molar-refractivity contribution in [3.63, 3.8) is 0 Å². The molecule has 6 nitrogen and oxygen atoms in total. The first-order valence-electron chi connectivity index (χ1n) is 10.1. The van der Waals surface area contributed by atoms with E-state index in [0.29, 0.717) is 10.8 Å². The number of hydrogen-bond donors (Lipinski definition) is 0. The van der Waals surface area contributed by atoms with Crippen LogP contribution in [-0.4, -0.2) is 30.0 Å². The van der Waals surface area contributed by atoms with Crippen molar-refractivity contribution in [1.82, 2.24) is 9.97 Å². The minimum absolute atomic E-state index is 0.0207. The third-order valence-electron chi connectivity index (χ3n) is 4.89. The minimum Gasteiger partial charge on any atom is -0.282 e. The molecule has 4 rings (SSSR count). The maximum atomic E-state index is 13.2. The molecule has 2 heterocycles. The van der Waals surface area contributed by atoms with Crippen LogP contribution in [0.1, 0.15) is 18.5 Å². The number of pyridine rings is 1. The molecule has 0 fully saturated rings. The van der Waals surface area contributed by atoms with Crippen molar-refractivity contribution in [3.05, 3.63) is 82.8 Å². The van der Waals surface area contributed by atoms with Gasteiger partial charge in [-0.3, -0.25) is 14.7 Å². The second kappa shape index (κ2) is 10.1. The zero-order valence-corrected chi connectivity index (χ0v) is 20.5. The van der Waals surface area contributed by atoms with Gasteiger partial charge >= 0.3 is 0 Å². The van der Waals surface area contributed by atoms with Crippen LogP contribution in [-0.2, 0) is 21.2 Å². The summed E-state index contributed by atoms with van der Waals surface area (Å²) in [7, 11) is -3.62. The Morgan fingerprint density at radius 1 is 1.09 bits per heavy atom.